The van der Waals surface area contributed by atoms with Crippen LogP contribution in [0.3, 0.4) is 0 Å². The van der Waals surface area contributed by atoms with Gasteiger partial charge in [-0.15, -0.1) is 0 Å². The molecule has 0 heterocycles. The molecular formula is C16H32N2O6. The van der Waals surface area contributed by atoms with Gasteiger partial charge in [-0.3, -0.25) is 9.59 Å². The van der Waals surface area contributed by atoms with E-state index in [2.05, 4.69) is 10.6 Å². The van der Waals surface area contributed by atoms with Crippen LogP contribution in [0, 0.1) is 0 Å². The zero-order valence-corrected chi connectivity index (χ0v) is 15.3. The second-order valence-electron chi connectivity index (χ2n) is 5.68. The Hall–Kier alpha value is -1.22. The van der Waals surface area contributed by atoms with Crippen LogP contribution in [-0.4, -0.2) is 63.9 Å². The first-order valence-electron chi connectivity index (χ1n) is 8.34. The Morgan fingerprint density at radius 2 is 1.12 bits per heavy atom. The minimum Gasteiger partial charge on any atom is -0.354 e. The number of amides is 2. The van der Waals surface area contributed by atoms with Crippen LogP contribution in [0.1, 0.15) is 40.5 Å². The second-order valence-corrected chi connectivity index (χ2v) is 5.68. The number of ether oxygens (including phenoxy) is 4. The zero-order valence-electron chi connectivity index (χ0n) is 15.3. The average Bonchev–Trinajstić information content (AvgIpc) is 2.51. The Bertz CT molecular complexity index is 305. The molecule has 0 aliphatic carbocycles. The van der Waals surface area contributed by atoms with E-state index in [1.165, 1.54) is 0 Å². The SMILES string of the molecule is CC(C)OCOCCNC(=O)CCC(=O)NCCOCOC(C)C. The van der Waals surface area contributed by atoms with Gasteiger partial charge in [0.15, 0.2) is 0 Å². The number of hydrogen-bond acceptors (Lipinski definition) is 6. The van der Waals surface area contributed by atoms with Crippen molar-refractivity contribution in [2.24, 2.45) is 0 Å². The zero-order chi connectivity index (χ0) is 18.2. The van der Waals surface area contributed by atoms with Crippen molar-refractivity contribution >= 4 is 11.8 Å². The molecule has 0 bridgehead atoms. The van der Waals surface area contributed by atoms with Crippen LogP contribution in [0.4, 0.5) is 0 Å². The Kier molecular flexibility index (Phi) is 14.5. The first kappa shape index (κ1) is 22.8. The fourth-order valence-electron chi connectivity index (χ4n) is 1.42. The standard InChI is InChI=1S/C16H32N2O6/c1-13(2)23-11-21-9-7-17-15(19)5-6-16(20)18-8-10-22-12-24-14(3)4/h13-14H,5-12H2,1-4H3,(H,17,19)(H,18,20). The normalized spacial score (nSPS) is 11.1. The lowest BCUT2D eigenvalue weighted by Gasteiger charge is -2.10. The van der Waals surface area contributed by atoms with Gasteiger partial charge >= 0.3 is 0 Å². The maximum Gasteiger partial charge on any atom is 0.220 e. The molecule has 0 aliphatic heterocycles. The Morgan fingerprint density at radius 1 is 0.750 bits per heavy atom. The lowest BCUT2D eigenvalue weighted by Crippen LogP contribution is -2.31. The van der Waals surface area contributed by atoms with Gasteiger partial charge in [-0.1, -0.05) is 0 Å². The molecule has 24 heavy (non-hydrogen) atoms. The highest BCUT2D eigenvalue weighted by Crippen LogP contribution is 1.91. The molecule has 8 nitrogen and oxygen atoms in total. The van der Waals surface area contributed by atoms with E-state index in [9.17, 15) is 9.59 Å². The van der Waals surface area contributed by atoms with Gasteiger partial charge in [-0.2, -0.15) is 0 Å². The van der Waals surface area contributed by atoms with Crippen LogP contribution in [0.25, 0.3) is 0 Å². The van der Waals surface area contributed by atoms with Crippen molar-refractivity contribution in [3.05, 3.63) is 0 Å². The van der Waals surface area contributed by atoms with E-state index in [0.717, 1.165) is 0 Å². The first-order valence-corrected chi connectivity index (χ1v) is 8.34. The van der Waals surface area contributed by atoms with E-state index in [-0.39, 0.29) is 50.4 Å². The Morgan fingerprint density at radius 3 is 1.46 bits per heavy atom. The molecule has 0 saturated heterocycles. The minimum absolute atomic E-state index is 0.117. The summed E-state index contributed by atoms with van der Waals surface area (Å²) < 4.78 is 20.8. The number of nitrogens with one attached hydrogen (secondary N) is 2. The van der Waals surface area contributed by atoms with E-state index in [4.69, 9.17) is 18.9 Å². The van der Waals surface area contributed by atoms with Crippen molar-refractivity contribution in [1.29, 1.82) is 0 Å². The summed E-state index contributed by atoms with van der Waals surface area (Å²) in [5.74, 6) is -0.361. The summed E-state index contributed by atoms with van der Waals surface area (Å²) in [5.41, 5.74) is 0. The third kappa shape index (κ3) is 17.1. The summed E-state index contributed by atoms with van der Waals surface area (Å²) in [7, 11) is 0. The maximum absolute atomic E-state index is 11.5. The lowest BCUT2D eigenvalue weighted by molar-refractivity contribution is -0.127. The van der Waals surface area contributed by atoms with Gasteiger partial charge < -0.3 is 29.6 Å². The van der Waals surface area contributed by atoms with Crippen LogP contribution in [0.2, 0.25) is 0 Å². The molecule has 2 amide bonds. The summed E-state index contributed by atoms with van der Waals surface area (Å²) >= 11 is 0. The first-order chi connectivity index (χ1) is 11.4. The summed E-state index contributed by atoms with van der Waals surface area (Å²) in [4.78, 5) is 23.1. The molecule has 0 radical (unpaired) electrons. The van der Waals surface area contributed by atoms with Crippen molar-refractivity contribution < 1.29 is 28.5 Å². The van der Waals surface area contributed by atoms with Crippen LogP contribution in [0.5, 0.6) is 0 Å². The van der Waals surface area contributed by atoms with Crippen LogP contribution < -0.4 is 10.6 Å². The summed E-state index contributed by atoms with van der Waals surface area (Å²) in [6.07, 6.45) is 0.523. The minimum atomic E-state index is -0.180. The average molecular weight is 348 g/mol. The maximum atomic E-state index is 11.5. The highest BCUT2D eigenvalue weighted by molar-refractivity contribution is 5.83. The van der Waals surface area contributed by atoms with Gasteiger partial charge in [0.2, 0.25) is 11.8 Å². The topological polar surface area (TPSA) is 95.1 Å². The second kappa shape index (κ2) is 15.3. The van der Waals surface area contributed by atoms with Gasteiger partial charge in [-0.05, 0) is 27.7 Å². The fraction of sp³-hybridized carbons (Fsp3) is 0.875. The molecule has 0 aromatic carbocycles. The van der Waals surface area contributed by atoms with E-state index >= 15 is 0 Å². The van der Waals surface area contributed by atoms with Crippen molar-refractivity contribution in [3.63, 3.8) is 0 Å². The molecule has 0 saturated carbocycles. The molecule has 142 valence electrons. The van der Waals surface area contributed by atoms with Crippen molar-refractivity contribution in [3.8, 4) is 0 Å². The molecule has 0 spiro atoms. The van der Waals surface area contributed by atoms with E-state index < -0.39 is 0 Å². The van der Waals surface area contributed by atoms with Gasteiger partial charge in [-0.25, -0.2) is 0 Å². The predicted molar refractivity (Wildman–Crippen MR) is 89.3 cm³/mol. The van der Waals surface area contributed by atoms with Crippen LogP contribution in [-0.2, 0) is 28.5 Å². The molecule has 0 aromatic rings. The molecular weight excluding hydrogens is 316 g/mol. The molecule has 0 aromatic heterocycles. The molecule has 0 aliphatic rings. The van der Waals surface area contributed by atoms with E-state index in [1.807, 2.05) is 27.7 Å². The molecule has 0 rings (SSSR count). The highest BCUT2D eigenvalue weighted by atomic mass is 16.7. The molecule has 0 atom stereocenters. The van der Waals surface area contributed by atoms with Gasteiger partial charge in [0.25, 0.3) is 0 Å². The summed E-state index contributed by atoms with van der Waals surface area (Å²) in [5, 5.41) is 5.36. The number of carbonyl (C=O) groups excluding carboxylic acids is 2. The van der Waals surface area contributed by atoms with Crippen LogP contribution >= 0.6 is 0 Å². The lowest BCUT2D eigenvalue weighted by atomic mass is 10.3. The number of rotatable bonds is 15. The number of hydrogen-bond donors (Lipinski definition) is 2. The van der Waals surface area contributed by atoms with Gasteiger partial charge in [0.05, 0.1) is 25.4 Å². The van der Waals surface area contributed by atoms with Gasteiger partial charge in [0, 0.05) is 25.9 Å². The summed E-state index contributed by atoms with van der Waals surface area (Å²) in [6, 6.07) is 0. The summed E-state index contributed by atoms with van der Waals surface area (Å²) in [6.45, 7) is 9.63. The predicted octanol–water partition coefficient (Wildman–Crippen LogP) is 0.797. The number of carbonyl (C=O) groups is 2. The van der Waals surface area contributed by atoms with Gasteiger partial charge in [0.1, 0.15) is 13.6 Å². The fourth-order valence-corrected chi connectivity index (χ4v) is 1.42. The third-order valence-electron chi connectivity index (χ3n) is 2.69. The van der Waals surface area contributed by atoms with Crippen LogP contribution in [0.15, 0.2) is 0 Å². The molecule has 0 unspecified atom stereocenters. The monoisotopic (exact) mass is 348 g/mol. The molecule has 8 heteroatoms. The third-order valence-corrected chi connectivity index (χ3v) is 2.69. The largest absolute Gasteiger partial charge is 0.354 e. The highest BCUT2D eigenvalue weighted by Gasteiger charge is 2.06. The van der Waals surface area contributed by atoms with E-state index in [1.54, 1.807) is 0 Å². The van der Waals surface area contributed by atoms with Crippen molar-refractivity contribution in [2.45, 2.75) is 52.7 Å². The Balaban J connectivity index is 3.40. The van der Waals surface area contributed by atoms with Crippen molar-refractivity contribution in [2.75, 3.05) is 39.9 Å². The van der Waals surface area contributed by atoms with E-state index in [0.29, 0.717) is 26.3 Å². The smallest absolute Gasteiger partial charge is 0.220 e. The Labute approximate surface area is 144 Å². The molecule has 2 N–H and O–H groups in total. The van der Waals surface area contributed by atoms with Crippen molar-refractivity contribution in [1.82, 2.24) is 10.6 Å². The molecule has 0 fully saturated rings. The quantitative estimate of drug-likeness (QED) is 0.336.